The van der Waals surface area contributed by atoms with Crippen molar-refractivity contribution in [3.8, 4) is 5.75 Å². The number of carbonyl (C=O) groups is 1. The number of ketones is 1. The van der Waals surface area contributed by atoms with Crippen molar-refractivity contribution in [1.82, 2.24) is 0 Å². The van der Waals surface area contributed by atoms with Gasteiger partial charge in [-0.25, -0.2) is 0 Å². The van der Waals surface area contributed by atoms with E-state index in [1.54, 1.807) is 0 Å². The Labute approximate surface area is 83.9 Å². The zero-order valence-electron chi connectivity index (χ0n) is 8.38. The van der Waals surface area contributed by atoms with Crippen molar-refractivity contribution in [2.45, 2.75) is 26.2 Å². The monoisotopic (exact) mass is 190 g/mol. The van der Waals surface area contributed by atoms with E-state index in [1.165, 1.54) is 0 Å². The molecule has 0 aromatic heterocycles. The summed E-state index contributed by atoms with van der Waals surface area (Å²) in [6.07, 6.45) is 2.58. The van der Waals surface area contributed by atoms with E-state index >= 15 is 0 Å². The van der Waals surface area contributed by atoms with Crippen LogP contribution in [0.1, 0.15) is 35.7 Å². The van der Waals surface area contributed by atoms with Gasteiger partial charge >= 0.3 is 0 Å². The van der Waals surface area contributed by atoms with Crippen molar-refractivity contribution in [3.63, 3.8) is 0 Å². The number of Topliss-reactive ketones (excluding diaryl/α,β-unsaturated/α-hetero) is 1. The highest BCUT2D eigenvalue weighted by molar-refractivity contribution is 6.00. The quantitative estimate of drug-likeness (QED) is 0.716. The molecule has 1 aliphatic rings. The van der Waals surface area contributed by atoms with Crippen LogP contribution in [0.2, 0.25) is 0 Å². The maximum absolute atomic E-state index is 11.6. The molecule has 2 rings (SSSR count). The molecule has 0 atom stereocenters. The van der Waals surface area contributed by atoms with Gasteiger partial charge in [0, 0.05) is 6.42 Å². The van der Waals surface area contributed by atoms with Gasteiger partial charge in [-0.15, -0.1) is 0 Å². The summed E-state index contributed by atoms with van der Waals surface area (Å²) in [5.74, 6) is 1.04. The fraction of sp³-hybridized carbons (Fsp3) is 0.417. The van der Waals surface area contributed by atoms with Crippen LogP contribution in [-0.2, 0) is 6.42 Å². The number of benzene rings is 1. The highest BCUT2D eigenvalue weighted by Gasteiger charge is 2.20. The Morgan fingerprint density at radius 1 is 1.43 bits per heavy atom. The van der Waals surface area contributed by atoms with E-state index in [1.807, 2.05) is 18.2 Å². The van der Waals surface area contributed by atoms with Crippen molar-refractivity contribution in [1.29, 1.82) is 0 Å². The van der Waals surface area contributed by atoms with E-state index in [-0.39, 0.29) is 5.78 Å². The number of hydrogen-bond acceptors (Lipinski definition) is 2. The lowest BCUT2D eigenvalue weighted by Crippen LogP contribution is -2.16. The first-order chi connectivity index (χ1) is 6.83. The Kier molecular flexibility index (Phi) is 2.53. The maximum atomic E-state index is 11.6. The molecule has 14 heavy (non-hydrogen) atoms. The van der Waals surface area contributed by atoms with Gasteiger partial charge in [0.2, 0.25) is 0 Å². The number of aryl methyl sites for hydroxylation is 1. The van der Waals surface area contributed by atoms with Crippen LogP contribution in [0.25, 0.3) is 0 Å². The molecule has 2 nitrogen and oxygen atoms in total. The average molecular weight is 190 g/mol. The van der Waals surface area contributed by atoms with E-state index in [9.17, 15) is 4.79 Å². The first-order valence-electron chi connectivity index (χ1n) is 5.11. The second-order valence-corrected chi connectivity index (χ2v) is 3.57. The fourth-order valence-corrected chi connectivity index (χ4v) is 1.82. The molecule has 1 heterocycles. The Bertz CT molecular complexity index is 355. The van der Waals surface area contributed by atoms with Crippen molar-refractivity contribution in [3.05, 3.63) is 29.3 Å². The fourth-order valence-electron chi connectivity index (χ4n) is 1.82. The van der Waals surface area contributed by atoms with Gasteiger partial charge in [-0.2, -0.15) is 0 Å². The molecule has 0 fully saturated rings. The molecule has 0 amide bonds. The minimum Gasteiger partial charge on any atom is -0.492 e. The lowest BCUT2D eigenvalue weighted by Gasteiger charge is -2.19. The number of carbonyl (C=O) groups excluding carboxylic acids is 1. The van der Waals surface area contributed by atoms with E-state index in [0.717, 1.165) is 29.7 Å². The topological polar surface area (TPSA) is 26.3 Å². The second-order valence-electron chi connectivity index (χ2n) is 3.57. The third-order valence-electron chi connectivity index (χ3n) is 2.49. The summed E-state index contributed by atoms with van der Waals surface area (Å²) < 4.78 is 5.56. The van der Waals surface area contributed by atoms with Gasteiger partial charge in [-0.05, 0) is 18.1 Å². The Hall–Kier alpha value is -1.31. The third kappa shape index (κ3) is 1.52. The SMILES string of the molecule is CCCc1cccc2c1OCCC2=O. The molecular formula is C12H14O2. The summed E-state index contributed by atoms with van der Waals surface area (Å²) in [6.45, 7) is 2.66. The van der Waals surface area contributed by atoms with Crippen LogP contribution in [0.4, 0.5) is 0 Å². The molecule has 0 unspecified atom stereocenters. The minimum absolute atomic E-state index is 0.212. The van der Waals surface area contributed by atoms with Crippen LogP contribution in [0.5, 0.6) is 5.75 Å². The summed E-state index contributed by atoms with van der Waals surface area (Å²) in [7, 11) is 0. The first-order valence-corrected chi connectivity index (χ1v) is 5.11. The van der Waals surface area contributed by atoms with Gasteiger partial charge in [-0.3, -0.25) is 4.79 Å². The molecule has 2 heteroatoms. The summed E-state index contributed by atoms with van der Waals surface area (Å²) in [6, 6.07) is 5.84. The molecule has 0 N–H and O–H groups in total. The number of para-hydroxylation sites is 1. The minimum atomic E-state index is 0.212. The summed E-state index contributed by atoms with van der Waals surface area (Å²) in [4.78, 5) is 11.6. The first kappa shape index (κ1) is 9.25. The van der Waals surface area contributed by atoms with Crippen LogP contribution >= 0.6 is 0 Å². The number of fused-ring (bicyclic) bond motifs is 1. The molecule has 1 aliphatic heterocycles. The lowest BCUT2D eigenvalue weighted by atomic mass is 9.99. The van der Waals surface area contributed by atoms with Crippen LogP contribution in [0.3, 0.4) is 0 Å². The van der Waals surface area contributed by atoms with E-state index in [4.69, 9.17) is 4.74 Å². The number of rotatable bonds is 2. The normalized spacial score (nSPS) is 14.8. The van der Waals surface area contributed by atoms with Crippen LogP contribution in [0.15, 0.2) is 18.2 Å². The molecule has 1 aromatic carbocycles. The van der Waals surface area contributed by atoms with Crippen molar-refractivity contribution in [2.24, 2.45) is 0 Å². The highest BCUT2D eigenvalue weighted by Crippen LogP contribution is 2.29. The Morgan fingerprint density at radius 3 is 3.07 bits per heavy atom. The van der Waals surface area contributed by atoms with E-state index < -0.39 is 0 Å². The molecule has 74 valence electrons. The van der Waals surface area contributed by atoms with Crippen LogP contribution in [-0.4, -0.2) is 12.4 Å². The molecule has 0 aliphatic carbocycles. The predicted octanol–water partition coefficient (Wildman–Crippen LogP) is 2.60. The second kappa shape index (κ2) is 3.82. The highest BCUT2D eigenvalue weighted by atomic mass is 16.5. The number of hydrogen-bond donors (Lipinski definition) is 0. The Balaban J connectivity index is 2.44. The molecule has 0 saturated carbocycles. The van der Waals surface area contributed by atoms with Crippen molar-refractivity contribution in [2.75, 3.05) is 6.61 Å². The molecule has 0 spiro atoms. The Morgan fingerprint density at radius 2 is 2.29 bits per heavy atom. The molecule has 1 aromatic rings. The lowest BCUT2D eigenvalue weighted by molar-refractivity contribution is 0.0932. The summed E-state index contributed by atoms with van der Waals surface area (Å²) >= 11 is 0. The van der Waals surface area contributed by atoms with E-state index in [2.05, 4.69) is 6.92 Å². The van der Waals surface area contributed by atoms with E-state index in [0.29, 0.717) is 13.0 Å². The van der Waals surface area contributed by atoms with Crippen LogP contribution in [0, 0.1) is 0 Å². The average Bonchev–Trinajstić information content (AvgIpc) is 2.20. The zero-order chi connectivity index (χ0) is 9.97. The maximum Gasteiger partial charge on any atom is 0.170 e. The van der Waals surface area contributed by atoms with Gasteiger partial charge in [0.1, 0.15) is 5.75 Å². The third-order valence-corrected chi connectivity index (χ3v) is 2.49. The largest absolute Gasteiger partial charge is 0.492 e. The molecule has 0 saturated heterocycles. The van der Waals surface area contributed by atoms with Crippen molar-refractivity contribution < 1.29 is 9.53 Å². The zero-order valence-corrected chi connectivity index (χ0v) is 8.38. The van der Waals surface area contributed by atoms with Gasteiger partial charge in [-0.1, -0.05) is 25.5 Å². The standard InChI is InChI=1S/C12H14O2/c1-2-4-9-5-3-6-10-11(13)7-8-14-12(9)10/h3,5-6H,2,4,7-8H2,1H3. The summed E-state index contributed by atoms with van der Waals surface area (Å²) in [5, 5.41) is 0. The molecule has 0 bridgehead atoms. The van der Waals surface area contributed by atoms with Gasteiger partial charge in [0.15, 0.2) is 5.78 Å². The van der Waals surface area contributed by atoms with Gasteiger partial charge < -0.3 is 4.74 Å². The van der Waals surface area contributed by atoms with Gasteiger partial charge in [0.05, 0.1) is 12.2 Å². The van der Waals surface area contributed by atoms with Crippen LogP contribution < -0.4 is 4.74 Å². The van der Waals surface area contributed by atoms with Crippen molar-refractivity contribution >= 4 is 5.78 Å². The summed E-state index contributed by atoms with van der Waals surface area (Å²) in [5.41, 5.74) is 1.93. The molecule has 0 radical (unpaired) electrons. The molecular weight excluding hydrogens is 176 g/mol. The smallest absolute Gasteiger partial charge is 0.170 e. The predicted molar refractivity (Wildman–Crippen MR) is 54.9 cm³/mol. The number of ether oxygens (including phenoxy) is 1. The van der Waals surface area contributed by atoms with Gasteiger partial charge in [0.25, 0.3) is 0 Å².